The van der Waals surface area contributed by atoms with Gasteiger partial charge in [-0.05, 0) is 57.2 Å². The second-order valence-electron chi connectivity index (χ2n) is 7.71. The SMILES string of the molecule is C=CCOC(=O)c1ccc(OCc2cc3ccccc3n2C(=O)OC(C)(C)C)cc1. The third kappa shape index (κ3) is 5.08. The van der Waals surface area contributed by atoms with Gasteiger partial charge in [-0.15, -0.1) is 0 Å². The molecule has 0 bridgehead atoms. The number of para-hydroxylation sites is 1. The number of benzene rings is 2. The van der Waals surface area contributed by atoms with Crippen molar-refractivity contribution in [2.75, 3.05) is 6.61 Å². The van der Waals surface area contributed by atoms with Gasteiger partial charge >= 0.3 is 12.1 Å². The van der Waals surface area contributed by atoms with Gasteiger partial charge < -0.3 is 14.2 Å². The van der Waals surface area contributed by atoms with E-state index in [1.54, 1.807) is 24.3 Å². The summed E-state index contributed by atoms with van der Waals surface area (Å²) in [5, 5.41) is 0.919. The fourth-order valence-electron chi connectivity index (χ4n) is 2.90. The van der Waals surface area contributed by atoms with Crippen LogP contribution in [0.1, 0.15) is 36.8 Å². The number of rotatable bonds is 6. The summed E-state index contributed by atoms with van der Waals surface area (Å²) < 4.78 is 18.0. The molecule has 0 aliphatic rings. The predicted octanol–water partition coefficient (Wildman–Crippen LogP) is 5.35. The number of hydrogen-bond acceptors (Lipinski definition) is 5. The van der Waals surface area contributed by atoms with Crippen LogP contribution < -0.4 is 4.74 Å². The average Bonchev–Trinajstić information content (AvgIpc) is 3.08. The van der Waals surface area contributed by atoms with E-state index in [4.69, 9.17) is 14.2 Å². The summed E-state index contributed by atoms with van der Waals surface area (Å²) in [6, 6.07) is 16.1. The fourth-order valence-corrected chi connectivity index (χ4v) is 2.90. The number of aromatic nitrogens is 1. The third-order valence-electron chi connectivity index (χ3n) is 4.17. The largest absolute Gasteiger partial charge is 0.487 e. The van der Waals surface area contributed by atoms with E-state index >= 15 is 0 Å². The van der Waals surface area contributed by atoms with Gasteiger partial charge in [-0.25, -0.2) is 14.2 Å². The van der Waals surface area contributed by atoms with Crippen molar-refractivity contribution in [1.82, 2.24) is 4.57 Å². The Kier molecular flexibility index (Phi) is 6.26. The first-order chi connectivity index (χ1) is 14.3. The van der Waals surface area contributed by atoms with E-state index in [0.29, 0.717) is 17.0 Å². The molecule has 6 heteroatoms. The van der Waals surface area contributed by atoms with E-state index in [1.165, 1.54) is 10.6 Å². The maximum atomic E-state index is 12.8. The van der Waals surface area contributed by atoms with Gasteiger partial charge in [0.2, 0.25) is 0 Å². The number of esters is 1. The zero-order valence-electron chi connectivity index (χ0n) is 17.4. The van der Waals surface area contributed by atoms with Gasteiger partial charge in [0.15, 0.2) is 0 Å². The van der Waals surface area contributed by atoms with Crippen molar-refractivity contribution < 1.29 is 23.8 Å². The van der Waals surface area contributed by atoms with Crippen LogP contribution in [0.3, 0.4) is 0 Å². The summed E-state index contributed by atoms with van der Waals surface area (Å²) in [6.07, 6.45) is 1.06. The van der Waals surface area contributed by atoms with Gasteiger partial charge in [-0.3, -0.25) is 0 Å². The van der Waals surface area contributed by atoms with Crippen molar-refractivity contribution in [1.29, 1.82) is 0 Å². The highest BCUT2D eigenvalue weighted by molar-refractivity contribution is 5.91. The minimum Gasteiger partial charge on any atom is -0.487 e. The second kappa shape index (κ2) is 8.86. The van der Waals surface area contributed by atoms with Gasteiger partial charge in [-0.2, -0.15) is 0 Å². The zero-order chi connectivity index (χ0) is 21.7. The van der Waals surface area contributed by atoms with Crippen LogP contribution in [-0.2, 0) is 16.1 Å². The third-order valence-corrected chi connectivity index (χ3v) is 4.17. The molecule has 0 aliphatic heterocycles. The molecule has 0 fully saturated rings. The van der Waals surface area contributed by atoms with Gasteiger partial charge in [0.1, 0.15) is 24.6 Å². The summed E-state index contributed by atoms with van der Waals surface area (Å²) in [5.74, 6) is 0.141. The van der Waals surface area contributed by atoms with Crippen LogP contribution in [0.5, 0.6) is 5.75 Å². The lowest BCUT2D eigenvalue weighted by Crippen LogP contribution is -2.28. The van der Waals surface area contributed by atoms with E-state index in [0.717, 1.165) is 10.9 Å². The van der Waals surface area contributed by atoms with E-state index in [9.17, 15) is 9.59 Å². The summed E-state index contributed by atoms with van der Waals surface area (Å²) in [7, 11) is 0. The lowest BCUT2D eigenvalue weighted by molar-refractivity contribution is 0.0529. The van der Waals surface area contributed by atoms with Crippen LogP contribution in [0.15, 0.2) is 67.3 Å². The monoisotopic (exact) mass is 407 g/mol. The topological polar surface area (TPSA) is 66.8 Å². The predicted molar refractivity (Wildman–Crippen MR) is 115 cm³/mol. The highest BCUT2D eigenvalue weighted by Gasteiger charge is 2.22. The zero-order valence-corrected chi connectivity index (χ0v) is 17.4. The smallest absolute Gasteiger partial charge is 0.419 e. The quantitative estimate of drug-likeness (QED) is 0.407. The molecule has 0 radical (unpaired) electrons. The fraction of sp³-hybridized carbons (Fsp3) is 0.250. The van der Waals surface area contributed by atoms with Gasteiger partial charge in [0.25, 0.3) is 0 Å². The molecule has 1 aromatic heterocycles. The maximum absolute atomic E-state index is 12.8. The van der Waals surface area contributed by atoms with Crippen molar-refractivity contribution in [2.45, 2.75) is 33.0 Å². The molecular formula is C24H25NO5. The average molecular weight is 407 g/mol. The molecular weight excluding hydrogens is 382 g/mol. The number of ether oxygens (including phenoxy) is 3. The van der Waals surface area contributed by atoms with E-state index in [1.807, 2.05) is 51.1 Å². The van der Waals surface area contributed by atoms with Crippen LogP contribution in [0.2, 0.25) is 0 Å². The molecule has 0 saturated heterocycles. The number of hydrogen-bond donors (Lipinski definition) is 0. The Labute approximate surface area is 175 Å². The van der Waals surface area contributed by atoms with E-state index < -0.39 is 17.7 Å². The molecule has 0 unspecified atom stereocenters. The molecule has 156 valence electrons. The Morgan fingerprint density at radius 1 is 1.07 bits per heavy atom. The number of fused-ring (bicyclic) bond motifs is 1. The lowest BCUT2D eigenvalue weighted by Gasteiger charge is -2.21. The first kappa shape index (κ1) is 21.2. The molecule has 0 saturated carbocycles. The number of carbonyl (C=O) groups is 2. The normalized spacial score (nSPS) is 11.2. The van der Waals surface area contributed by atoms with Crippen LogP contribution in [0.4, 0.5) is 4.79 Å². The number of carbonyl (C=O) groups excluding carboxylic acids is 2. The van der Waals surface area contributed by atoms with Gasteiger partial charge in [0.05, 0.1) is 16.8 Å². The second-order valence-corrected chi connectivity index (χ2v) is 7.71. The van der Waals surface area contributed by atoms with Crippen LogP contribution >= 0.6 is 0 Å². The van der Waals surface area contributed by atoms with Crippen molar-refractivity contribution >= 4 is 23.0 Å². The molecule has 3 aromatic rings. The highest BCUT2D eigenvalue weighted by Crippen LogP contribution is 2.23. The Balaban J connectivity index is 1.79. The van der Waals surface area contributed by atoms with Crippen molar-refractivity contribution in [2.24, 2.45) is 0 Å². The Hall–Kier alpha value is -3.54. The molecule has 0 N–H and O–H groups in total. The molecule has 2 aromatic carbocycles. The minimum absolute atomic E-state index is 0.159. The van der Waals surface area contributed by atoms with Crippen LogP contribution in [-0.4, -0.2) is 28.8 Å². The lowest BCUT2D eigenvalue weighted by atomic mass is 10.2. The standard InChI is InChI=1S/C24H25NO5/c1-5-14-28-22(26)17-10-12-20(13-11-17)29-16-19-15-18-8-6-7-9-21(18)25(19)23(27)30-24(2,3)4/h5-13,15H,1,14,16H2,2-4H3. The van der Waals surface area contributed by atoms with Crippen molar-refractivity contribution in [3.05, 3.63) is 78.5 Å². The minimum atomic E-state index is -0.614. The molecule has 6 nitrogen and oxygen atoms in total. The molecule has 1 heterocycles. The summed E-state index contributed by atoms with van der Waals surface area (Å²) in [4.78, 5) is 24.7. The maximum Gasteiger partial charge on any atom is 0.419 e. The van der Waals surface area contributed by atoms with Crippen molar-refractivity contribution in [3.8, 4) is 5.75 Å². The van der Waals surface area contributed by atoms with E-state index in [-0.39, 0.29) is 13.2 Å². The first-order valence-corrected chi connectivity index (χ1v) is 9.62. The summed E-state index contributed by atoms with van der Waals surface area (Å²) in [5.41, 5.74) is 1.23. The Bertz CT molecular complexity index is 1060. The van der Waals surface area contributed by atoms with Crippen LogP contribution in [0.25, 0.3) is 10.9 Å². The van der Waals surface area contributed by atoms with Gasteiger partial charge in [-0.1, -0.05) is 30.9 Å². The molecule has 30 heavy (non-hydrogen) atoms. The Morgan fingerprint density at radius 3 is 2.43 bits per heavy atom. The first-order valence-electron chi connectivity index (χ1n) is 9.62. The van der Waals surface area contributed by atoms with E-state index in [2.05, 4.69) is 6.58 Å². The molecule has 3 rings (SSSR count). The molecule has 0 spiro atoms. The molecule has 0 aliphatic carbocycles. The van der Waals surface area contributed by atoms with Crippen molar-refractivity contribution in [3.63, 3.8) is 0 Å². The van der Waals surface area contributed by atoms with Gasteiger partial charge in [0, 0.05) is 5.39 Å². The summed E-state index contributed by atoms with van der Waals surface area (Å²) >= 11 is 0. The molecule has 0 atom stereocenters. The number of nitrogens with zero attached hydrogens (tertiary/aromatic N) is 1. The van der Waals surface area contributed by atoms with Crippen LogP contribution in [0, 0.1) is 0 Å². The molecule has 0 amide bonds. The summed E-state index contributed by atoms with van der Waals surface area (Å²) in [6.45, 7) is 9.32. The Morgan fingerprint density at radius 2 is 1.77 bits per heavy atom. The highest BCUT2D eigenvalue weighted by atomic mass is 16.6.